The first-order valence-electron chi connectivity index (χ1n) is 5.96. The lowest BCUT2D eigenvalue weighted by Gasteiger charge is -2.10. The Kier molecular flexibility index (Phi) is 4.07. The maximum atomic E-state index is 11.4. The summed E-state index contributed by atoms with van der Waals surface area (Å²) >= 11 is 6.12. The molecule has 0 aliphatic rings. The molecule has 0 atom stereocenters. The van der Waals surface area contributed by atoms with Crippen molar-refractivity contribution in [2.45, 2.75) is 6.92 Å². The first kappa shape index (κ1) is 14.1. The molecule has 0 fully saturated rings. The number of Topliss-reactive ketones (excluding diaryl/α,β-unsaturated/α-hetero) is 1. The minimum atomic E-state index is -0.0840. The van der Waals surface area contributed by atoms with Crippen molar-refractivity contribution >= 4 is 17.4 Å². The van der Waals surface area contributed by atoms with Crippen LogP contribution in [0.1, 0.15) is 22.8 Å². The summed E-state index contributed by atoms with van der Waals surface area (Å²) in [5.74, 6) is 0.565. The van der Waals surface area contributed by atoms with Crippen LogP contribution in [0.25, 0.3) is 11.1 Å². The quantitative estimate of drug-likeness (QED) is 0.798. The monoisotopic (exact) mass is 285 g/mol. The van der Waals surface area contributed by atoms with Crippen molar-refractivity contribution in [3.63, 3.8) is 0 Å². The van der Waals surface area contributed by atoms with Gasteiger partial charge in [-0.3, -0.25) is 4.79 Å². The fraction of sp³-hybridized carbons (Fsp3) is 0.125. The van der Waals surface area contributed by atoms with Crippen LogP contribution in [0.15, 0.2) is 36.4 Å². The van der Waals surface area contributed by atoms with Crippen LogP contribution in [0.3, 0.4) is 0 Å². The number of ether oxygens (including phenoxy) is 1. The van der Waals surface area contributed by atoms with Gasteiger partial charge in [0.25, 0.3) is 0 Å². The minimum absolute atomic E-state index is 0.0840. The lowest BCUT2D eigenvalue weighted by molar-refractivity contribution is 0.101. The Morgan fingerprint density at radius 2 is 2.00 bits per heavy atom. The maximum Gasteiger partial charge on any atom is 0.161 e. The Labute approximate surface area is 122 Å². The van der Waals surface area contributed by atoms with Crippen LogP contribution in [-0.4, -0.2) is 12.9 Å². The van der Waals surface area contributed by atoms with Crippen LogP contribution >= 0.6 is 11.6 Å². The second-order valence-electron chi connectivity index (χ2n) is 4.28. The Morgan fingerprint density at radius 3 is 2.55 bits per heavy atom. The highest BCUT2D eigenvalue weighted by atomic mass is 35.5. The normalized spacial score (nSPS) is 9.90. The number of halogens is 1. The molecule has 2 rings (SSSR count). The van der Waals surface area contributed by atoms with Gasteiger partial charge in [0.05, 0.1) is 23.8 Å². The summed E-state index contributed by atoms with van der Waals surface area (Å²) in [7, 11) is 1.57. The van der Waals surface area contributed by atoms with Gasteiger partial charge in [-0.2, -0.15) is 5.26 Å². The summed E-state index contributed by atoms with van der Waals surface area (Å²) < 4.78 is 5.30. The molecular weight excluding hydrogens is 274 g/mol. The molecule has 4 heteroatoms. The molecule has 0 aliphatic heterocycles. The van der Waals surface area contributed by atoms with Gasteiger partial charge in [-0.15, -0.1) is 0 Å². The zero-order valence-electron chi connectivity index (χ0n) is 11.1. The lowest BCUT2D eigenvalue weighted by Crippen LogP contribution is -1.94. The molecule has 0 amide bonds. The molecule has 0 N–H and O–H groups in total. The summed E-state index contributed by atoms with van der Waals surface area (Å²) in [5.41, 5.74) is 2.58. The molecule has 2 aromatic carbocycles. The highest BCUT2D eigenvalue weighted by molar-refractivity contribution is 6.34. The molecule has 0 heterocycles. The van der Waals surface area contributed by atoms with Crippen molar-refractivity contribution in [1.29, 1.82) is 5.26 Å². The van der Waals surface area contributed by atoms with Crippen LogP contribution < -0.4 is 4.74 Å². The number of hydrogen-bond acceptors (Lipinski definition) is 3. The SMILES string of the molecule is COc1ccc(C#N)cc1-c1ccc(C(C)=O)c(Cl)c1. The third-order valence-corrected chi connectivity index (χ3v) is 3.30. The minimum Gasteiger partial charge on any atom is -0.496 e. The predicted molar refractivity (Wildman–Crippen MR) is 78.2 cm³/mol. The summed E-state index contributed by atoms with van der Waals surface area (Å²) in [6.45, 7) is 1.47. The average Bonchev–Trinajstić information content (AvgIpc) is 2.46. The second kappa shape index (κ2) is 5.77. The Hall–Kier alpha value is -2.31. The van der Waals surface area contributed by atoms with E-state index in [0.717, 1.165) is 11.1 Å². The third kappa shape index (κ3) is 2.66. The van der Waals surface area contributed by atoms with E-state index in [2.05, 4.69) is 6.07 Å². The molecule has 0 saturated carbocycles. The maximum absolute atomic E-state index is 11.4. The van der Waals surface area contributed by atoms with E-state index in [0.29, 0.717) is 21.9 Å². The molecule has 0 bridgehead atoms. The van der Waals surface area contributed by atoms with E-state index in [4.69, 9.17) is 21.6 Å². The molecule has 3 nitrogen and oxygen atoms in total. The fourth-order valence-corrected chi connectivity index (χ4v) is 2.28. The van der Waals surface area contributed by atoms with E-state index in [-0.39, 0.29) is 5.78 Å². The van der Waals surface area contributed by atoms with Gasteiger partial charge in [-0.25, -0.2) is 0 Å². The summed E-state index contributed by atoms with van der Waals surface area (Å²) in [6.07, 6.45) is 0. The average molecular weight is 286 g/mol. The number of nitrogens with zero attached hydrogens (tertiary/aromatic N) is 1. The van der Waals surface area contributed by atoms with Crippen LogP contribution in [0.4, 0.5) is 0 Å². The Balaban J connectivity index is 2.59. The first-order chi connectivity index (χ1) is 9.56. The molecule has 0 saturated heterocycles. The zero-order valence-corrected chi connectivity index (χ0v) is 11.9. The van der Waals surface area contributed by atoms with Crippen molar-refractivity contribution < 1.29 is 9.53 Å². The van der Waals surface area contributed by atoms with Gasteiger partial charge in [0.15, 0.2) is 5.78 Å². The lowest BCUT2D eigenvalue weighted by atomic mass is 10.00. The molecule has 100 valence electrons. The highest BCUT2D eigenvalue weighted by Crippen LogP contribution is 2.33. The van der Waals surface area contributed by atoms with Gasteiger partial charge in [-0.05, 0) is 42.8 Å². The van der Waals surface area contributed by atoms with Crippen molar-refractivity contribution in [2.24, 2.45) is 0 Å². The van der Waals surface area contributed by atoms with Crippen LogP contribution in [0, 0.1) is 11.3 Å². The molecular formula is C16H12ClNO2. The number of hydrogen-bond donors (Lipinski definition) is 0. The highest BCUT2D eigenvalue weighted by Gasteiger charge is 2.11. The van der Waals surface area contributed by atoms with Crippen LogP contribution in [0.2, 0.25) is 5.02 Å². The van der Waals surface area contributed by atoms with Gasteiger partial charge in [-0.1, -0.05) is 17.7 Å². The number of benzene rings is 2. The van der Waals surface area contributed by atoms with E-state index in [1.54, 1.807) is 43.5 Å². The fourth-order valence-electron chi connectivity index (χ4n) is 1.97. The molecule has 0 spiro atoms. The standard InChI is InChI=1S/C16H12ClNO2/c1-10(19)13-5-4-12(8-15(13)17)14-7-11(9-18)3-6-16(14)20-2/h3-8H,1-2H3. The predicted octanol–water partition coefficient (Wildman–Crippen LogP) is 4.09. The van der Waals surface area contributed by atoms with Gasteiger partial charge in [0.2, 0.25) is 0 Å². The first-order valence-corrected chi connectivity index (χ1v) is 6.33. The molecule has 2 aromatic rings. The van der Waals surface area contributed by atoms with E-state index in [9.17, 15) is 4.79 Å². The van der Waals surface area contributed by atoms with Gasteiger partial charge in [0.1, 0.15) is 5.75 Å². The van der Waals surface area contributed by atoms with Crippen molar-refractivity contribution in [3.05, 3.63) is 52.5 Å². The van der Waals surface area contributed by atoms with Crippen LogP contribution in [-0.2, 0) is 0 Å². The topological polar surface area (TPSA) is 50.1 Å². The number of carbonyl (C=O) groups excluding carboxylic acids is 1. The van der Waals surface area contributed by atoms with Crippen molar-refractivity contribution in [1.82, 2.24) is 0 Å². The molecule has 0 radical (unpaired) electrons. The molecule has 0 unspecified atom stereocenters. The number of rotatable bonds is 3. The van der Waals surface area contributed by atoms with Crippen LogP contribution in [0.5, 0.6) is 5.75 Å². The number of carbonyl (C=O) groups is 1. The third-order valence-electron chi connectivity index (χ3n) is 2.99. The molecule has 0 aliphatic carbocycles. The molecule has 0 aromatic heterocycles. The van der Waals surface area contributed by atoms with E-state index in [1.165, 1.54) is 6.92 Å². The number of methoxy groups -OCH3 is 1. The summed E-state index contributed by atoms with van der Waals surface area (Å²) in [6, 6.07) is 12.4. The number of ketones is 1. The smallest absolute Gasteiger partial charge is 0.161 e. The Morgan fingerprint density at radius 1 is 1.25 bits per heavy atom. The summed E-state index contributed by atoms with van der Waals surface area (Å²) in [5, 5.41) is 9.37. The van der Waals surface area contributed by atoms with Gasteiger partial charge in [0, 0.05) is 11.1 Å². The number of nitriles is 1. The van der Waals surface area contributed by atoms with Gasteiger partial charge < -0.3 is 4.74 Å². The van der Waals surface area contributed by atoms with Crippen molar-refractivity contribution in [3.8, 4) is 22.9 Å². The van der Waals surface area contributed by atoms with E-state index in [1.807, 2.05) is 0 Å². The van der Waals surface area contributed by atoms with E-state index >= 15 is 0 Å². The molecule has 20 heavy (non-hydrogen) atoms. The largest absolute Gasteiger partial charge is 0.496 e. The van der Waals surface area contributed by atoms with E-state index < -0.39 is 0 Å². The Bertz CT molecular complexity index is 717. The zero-order chi connectivity index (χ0) is 14.7. The second-order valence-corrected chi connectivity index (χ2v) is 4.68. The van der Waals surface area contributed by atoms with Gasteiger partial charge >= 0.3 is 0 Å². The summed E-state index contributed by atoms with van der Waals surface area (Å²) in [4.78, 5) is 11.4. The van der Waals surface area contributed by atoms with Crippen molar-refractivity contribution in [2.75, 3.05) is 7.11 Å².